The Balaban J connectivity index is 2.12. The van der Waals surface area contributed by atoms with Crippen molar-refractivity contribution in [2.75, 3.05) is 20.2 Å². The summed E-state index contributed by atoms with van der Waals surface area (Å²) in [5, 5.41) is 3.23. The summed E-state index contributed by atoms with van der Waals surface area (Å²) in [6.45, 7) is 6.07. The van der Waals surface area contributed by atoms with Gasteiger partial charge >= 0.3 is 0 Å². The molecule has 1 amide bonds. The summed E-state index contributed by atoms with van der Waals surface area (Å²) in [5.41, 5.74) is 1.78. The smallest absolute Gasteiger partial charge is 0.240 e. The van der Waals surface area contributed by atoms with E-state index in [0.29, 0.717) is 6.54 Å². The monoisotopic (exact) mass is 263 g/mol. The van der Waals surface area contributed by atoms with Crippen LogP contribution < -0.4 is 10.1 Å². The van der Waals surface area contributed by atoms with Gasteiger partial charge in [0.25, 0.3) is 0 Å². The normalized spacial score (nSPS) is 19.6. The molecule has 2 rings (SSSR count). The van der Waals surface area contributed by atoms with Crippen molar-refractivity contribution in [3.8, 4) is 5.75 Å². The number of amides is 1. The molecular weight excluding hydrogens is 242 g/mol. The van der Waals surface area contributed by atoms with E-state index < -0.39 is 0 Å². The average molecular weight is 263 g/mol. The molecule has 0 spiro atoms. The van der Waals surface area contributed by atoms with Crippen LogP contribution in [-0.4, -0.2) is 42.0 Å². The van der Waals surface area contributed by atoms with Crippen molar-refractivity contribution < 1.29 is 9.53 Å². The minimum absolute atomic E-state index is 0.0551. The summed E-state index contributed by atoms with van der Waals surface area (Å²) in [5.74, 6) is 0.952. The molecule has 2 heterocycles. The Labute approximate surface area is 114 Å². The molecule has 1 saturated heterocycles. The highest BCUT2D eigenvalue weighted by molar-refractivity contribution is 5.82. The molecule has 1 N–H and O–H groups in total. The third kappa shape index (κ3) is 3.23. The molecule has 0 radical (unpaired) electrons. The van der Waals surface area contributed by atoms with Crippen molar-refractivity contribution in [1.82, 2.24) is 15.2 Å². The number of rotatable bonds is 4. The summed E-state index contributed by atoms with van der Waals surface area (Å²) in [7, 11) is 1.64. The van der Waals surface area contributed by atoms with Crippen molar-refractivity contribution in [2.24, 2.45) is 0 Å². The number of nitrogens with zero attached hydrogens (tertiary/aromatic N) is 2. The van der Waals surface area contributed by atoms with Gasteiger partial charge in [0.15, 0.2) is 0 Å². The maximum atomic E-state index is 12.2. The van der Waals surface area contributed by atoms with E-state index in [1.54, 1.807) is 7.11 Å². The lowest BCUT2D eigenvalue weighted by Gasteiger charge is -2.32. The van der Waals surface area contributed by atoms with Crippen molar-refractivity contribution in [2.45, 2.75) is 32.9 Å². The van der Waals surface area contributed by atoms with Crippen LogP contribution in [0.25, 0.3) is 0 Å². The second kappa shape index (κ2) is 6.02. The zero-order valence-corrected chi connectivity index (χ0v) is 11.8. The van der Waals surface area contributed by atoms with Crippen molar-refractivity contribution in [1.29, 1.82) is 0 Å². The van der Waals surface area contributed by atoms with Crippen LogP contribution in [0.3, 0.4) is 0 Å². The number of piperazine rings is 1. The Morgan fingerprint density at radius 1 is 1.53 bits per heavy atom. The molecule has 104 valence electrons. The Morgan fingerprint density at radius 3 is 3.00 bits per heavy atom. The lowest BCUT2D eigenvalue weighted by atomic mass is 10.1. The number of carbonyl (C=O) groups is 1. The van der Waals surface area contributed by atoms with Gasteiger partial charge in [0, 0.05) is 30.9 Å². The van der Waals surface area contributed by atoms with Crippen LogP contribution in [0.2, 0.25) is 0 Å². The van der Waals surface area contributed by atoms with E-state index in [9.17, 15) is 4.79 Å². The van der Waals surface area contributed by atoms with Crippen LogP contribution in [-0.2, 0) is 11.3 Å². The molecule has 1 aliphatic rings. The fraction of sp³-hybridized carbons (Fsp3) is 0.571. The molecule has 1 atom stereocenters. The second-order valence-corrected chi connectivity index (χ2v) is 4.81. The zero-order valence-electron chi connectivity index (χ0n) is 11.8. The number of aryl methyl sites for hydroxylation is 1. The summed E-state index contributed by atoms with van der Waals surface area (Å²) in [6, 6.07) is 3.72. The van der Waals surface area contributed by atoms with Gasteiger partial charge in [-0.15, -0.1) is 0 Å². The highest BCUT2D eigenvalue weighted by atomic mass is 16.5. The number of ether oxygens (including phenoxy) is 1. The van der Waals surface area contributed by atoms with Crippen LogP contribution in [0.4, 0.5) is 0 Å². The molecule has 1 unspecified atom stereocenters. The lowest BCUT2D eigenvalue weighted by molar-refractivity contribution is -0.136. The maximum Gasteiger partial charge on any atom is 0.240 e. The van der Waals surface area contributed by atoms with Gasteiger partial charge in [0.2, 0.25) is 5.91 Å². The number of carbonyl (C=O) groups excluding carboxylic acids is 1. The van der Waals surface area contributed by atoms with Gasteiger partial charge in [0.05, 0.1) is 25.4 Å². The van der Waals surface area contributed by atoms with Gasteiger partial charge in [-0.05, 0) is 13.3 Å². The van der Waals surface area contributed by atoms with E-state index in [1.165, 1.54) is 0 Å². The Kier molecular flexibility index (Phi) is 4.37. The minimum atomic E-state index is -0.0551. The van der Waals surface area contributed by atoms with E-state index >= 15 is 0 Å². The van der Waals surface area contributed by atoms with Crippen molar-refractivity contribution in [3.63, 3.8) is 0 Å². The topological polar surface area (TPSA) is 54.5 Å². The van der Waals surface area contributed by atoms with E-state index in [1.807, 2.05) is 30.9 Å². The quantitative estimate of drug-likeness (QED) is 0.884. The molecule has 5 heteroatoms. The Hall–Kier alpha value is -1.62. The van der Waals surface area contributed by atoms with Gasteiger partial charge in [-0.2, -0.15) is 0 Å². The summed E-state index contributed by atoms with van der Waals surface area (Å²) in [6.07, 6.45) is 0.819. The van der Waals surface area contributed by atoms with Gasteiger partial charge in [0.1, 0.15) is 5.75 Å². The molecule has 1 aromatic heterocycles. The first-order chi connectivity index (χ1) is 9.13. The van der Waals surface area contributed by atoms with Crippen LogP contribution >= 0.6 is 0 Å². The van der Waals surface area contributed by atoms with Crippen LogP contribution in [0.1, 0.15) is 24.7 Å². The number of nitrogens with one attached hydrogen (secondary N) is 1. The zero-order chi connectivity index (χ0) is 13.8. The molecule has 0 aliphatic carbocycles. The van der Waals surface area contributed by atoms with E-state index in [4.69, 9.17) is 4.74 Å². The average Bonchev–Trinajstić information content (AvgIpc) is 2.40. The molecule has 1 fully saturated rings. The third-order valence-corrected chi connectivity index (χ3v) is 3.36. The number of methoxy groups -OCH3 is 1. The van der Waals surface area contributed by atoms with Gasteiger partial charge in [-0.3, -0.25) is 9.78 Å². The number of pyridine rings is 1. The van der Waals surface area contributed by atoms with Crippen LogP contribution in [0.5, 0.6) is 5.75 Å². The molecule has 1 aromatic rings. The molecule has 1 aliphatic heterocycles. The molecule has 0 aromatic carbocycles. The fourth-order valence-corrected chi connectivity index (χ4v) is 2.36. The predicted molar refractivity (Wildman–Crippen MR) is 73.0 cm³/mol. The first-order valence-electron chi connectivity index (χ1n) is 6.67. The molecular formula is C14H21N3O2. The first kappa shape index (κ1) is 13.8. The van der Waals surface area contributed by atoms with Crippen molar-refractivity contribution >= 4 is 5.91 Å². The Bertz CT molecular complexity index is 462. The third-order valence-electron chi connectivity index (χ3n) is 3.36. The van der Waals surface area contributed by atoms with Crippen LogP contribution in [0, 0.1) is 6.92 Å². The maximum absolute atomic E-state index is 12.2. The largest absolute Gasteiger partial charge is 0.497 e. The number of aromatic nitrogens is 1. The summed E-state index contributed by atoms with van der Waals surface area (Å²) in [4.78, 5) is 18.5. The van der Waals surface area contributed by atoms with Gasteiger partial charge < -0.3 is 15.0 Å². The standard InChI is InChI=1S/C14H21N3O2/c1-4-13-14(18)17(6-5-15-13)9-11-8-12(19-3)7-10(2)16-11/h7-8,13,15H,4-6,9H2,1-3H3. The minimum Gasteiger partial charge on any atom is -0.497 e. The van der Waals surface area contributed by atoms with E-state index in [-0.39, 0.29) is 11.9 Å². The number of hydrogen-bond acceptors (Lipinski definition) is 4. The van der Waals surface area contributed by atoms with Gasteiger partial charge in [-0.25, -0.2) is 0 Å². The number of hydrogen-bond donors (Lipinski definition) is 1. The van der Waals surface area contributed by atoms with Crippen LogP contribution in [0.15, 0.2) is 12.1 Å². The molecule has 0 saturated carbocycles. The fourth-order valence-electron chi connectivity index (χ4n) is 2.36. The van der Waals surface area contributed by atoms with Gasteiger partial charge in [-0.1, -0.05) is 6.92 Å². The highest BCUT2D eigenvalue weighted by Crippen LogP contribution is 2.16. The highest BCUT2D eigenvalue weighted by Gasteiger charge is 2.27. The first-order valence-corrected chi connectivity index (χ1v) is 6.67. The molecule has 0 bridgehead atoms. The molecule has 19 heavy (non-hydrogen) atoms. The SMILES string of the molecule is CCC1NCCN(Cc2cc(OC)cc(C)n2)C1=O. The summed E-state index contributed by atoms with van der Waals surface area (Å²) >= 11 is 0. The summed E-state index contributed by atoms with van der Waals surface area (Å²) < 4.78 is 5.24. The van der Waals surface area contributed by atoms with Crippen molar-refractivity contribution in [3.05, 3.63) is 23.5 Å². The van der Waals surface area contributed by atoms with E-state index in [2.05, 4.69) is 10.3 Å². The molecule has 5 nitrogen and oxygen atoms in total. The Morgan fingerprint density at radius 2 is 2.32 bits per heavy atom. The lowest BCUT2D eigenvalue weighted by Crippen LogP contribution is -2.54. The van der Waals surface area contributed by atoms with E-state index in [0.717, 1.165) is 36.6 Å². The predicted octanol–water partition coefficient (Wildman–Crippen LogP) is 1.11. The second-order valence-electron chi connectivity index (χ2n) is 4.81.